The zero-order valence-electron chi connectivity index (χ0n) is 11.1. The van der Waals surface area contributed by atoms with Gasteiger partial charge >= 0.3 is 5.63 Å². The van der Waals surface area contributed by atoms with Gasteiger partial charge in [-0.05, 0) is 30.5 Å². The Labute approximate surface area is 116 Å². The van der Waals surface area contributed by atoms with Crippen LogP contribution in [0.2, 0.25) is 0 Å². The summed E-state index contributed by atoms with van der Waals surface area (Å²) in [7, 11) is 0. The van der Waals surface area contributed by atoms with Gasteiger partial charge in [-0.25, -0.2) is 4.79 Å². The number of aliphatic hydroxyl groups is 1. The van der Waals surface area contributed by atoms with Gasteiger partial charge in [-0.2, -0.15) is 0 Å². The van der Waals surface area contributed by atoms with Gasteiger partial charge in [0, 0.05) is 36.7 Å². The number of hydrogen-bond acceptors (Lipinski definition) is 5. The molecular weight excluding hydrogens is 258 g/mol. The van der Waals surface area contributed by atoms with Crippen molar-refractivity contribution in [2.45, 2.75) is 25.4 Å². The molecule has 1 aliphatic carbocycles. The van der Waals surface area contributed by atoms with Crippen LogP contribution in [-0.2, 0) is 6.54 Å². The Balaban J connectivity index is 1.99. The molecule has 1 aromatic heterocycles. The molecule has 0 bridgehead atoms. The van der Waals surface area contributed by atoms with Crippen molar-refractivity contribution in [3.8, 4) is 5.75 Å². The van der Waals surface area contributed by atoms with Gasteiger partial charge in [0.05, 0.1) is 6.61 Å². The van der Waals surface area contributed by atoms with Crippen LogP contribution in [0.15, 0.2) is 33.5 Å². The summed E-state index contributed by atoms with van der Waals surface area (Å²) >= 11 is 0. The lowest BCUT2D eigenvalue weighted by molar-refractivity contribution is 0.183. The number of phenolic OH excluding ortho intramolecular Hbond substituents is 1. The van der Waals surface area contributed by atoms with E-state index in [1.165, 1.54) is 12.1 Å². The van der Waals surface area contributed by atoms with Crippen molar-refractivity contribution in [3.63, 3.8) is 0 Å². The number of phenols is 1. The van der Waals surface area contributed by atoms with E-state index in [9.17, 15) is 9.90 Å². The molecule has 1 saturated carbocycles. The van der Waals surface area contributed by atoms with E-state index >= 15 is 0 Å². The third-order valence-corrected chi connectivity index (χ3v) is 3.64. The Morgan fingerprint density at radius 1 is 1.30 bits per heavy atom. The fourth-order valence-electron chi connectivity index (χ4n) is 2.53. The van der Waals surface area contributed by atoms with Gasteiger partial charge in [-0.3, -0.25) is 4.90 Å². The molecule has 3 rings (SSSR count). The maximum absolute atomic E-state index is 11.6. The first-order valence-corrected chi connectivity index (χ1v) is 6.78. The lowest BCUT2D eigenvalue weighted by Gasteiger charge is -2.21. The van der Waals surface area contributed by atoms with Gasteiger partial charge in [0.25, 0.3) is 0 Å². The predicted octanol–water partition coefficient (Wildman–Crippen LogP) is 1.46. The highest BCUT2D eigenvalue weighted by molar-refractivity contribution is 5.81. The monoisotopic (exact) mass is 275 g/mol. The van der Waals surface area contributed by atoms with E-state index in [2.05, 4.69) is 4.90 Å². The topological polar surface area (TPSA) is 73.9 Å². The molecule has 0 spiro atoms. The molecule has 0 atom stereocenters. The van der Waals surface area contributed by atoms with Crippen LogP contribution < -0.4 is 5.63 Å². The minimum absolute atomic E-state index is 0.0761. The second-order valence-electron chi connectivity index (χ2n) is 5.20. The third-order valence-electron chi connectivity index (χ3n) is 3.64. The van der Waals surface area contributed by atoms with E-state index in [4.69, 9.17) is 9.52 Å². The normalized spacial score (nSPS) is 15.1. The Hall–Kier alpha value is -1.85. The summed E-state index contributed by atoms with van der Waals surface area (Å²) in [6.07, 6.45) is 2.28. The maximum atomic E-state index is 11.6. The second kappa shape index (κ2) is 5.26. The van der Waals surface area contributed by atoms with E-state index in [1.54, 1.807) is 12.1 Å². The summed E-state index contributed by atoms with van der Waals surface area (Å²) in [6.45, 7) is 1.32. The fraction of sp³-hybridized carbons (Fsp3) is 0.400. The van der Waals surface area contributed by atoms with Crippen molar-refractivity contribution in [2.75, 3.05) is 13.2 Å². The van der Waals surface area contributed by atoms with E-state index < -0.39 is 5.63 Å². The molecule has 5 nitrogen and oxygen atoms in total. The van der Waals surface area contributed by atoms with Gasteiger partial charge in [-0.15, -0.1) is 0 Å². The lowest BCUT2D eigenvalue weighted by Crippen LogP contribution is -2.29. The first-order chi connectivity index (χ1) is 9.67. The molecular formula is C15H17NO4. The molecule has 1 aliphatic rings. The number of aliphatic hydroxyl groups excluding tert-OH is 1. The van der Waals surface area contributed by atoms with Gasteiger partial charge < -0.3 is 14.6 Å². The predicted molar refractivity (Wildman–Crippen MR) is 74.7 cm³/mol. The minimum Gasteiger partial charge on any atom is -0.508 e. The standard InChI is InChI=1S/C15H17NO4/c17-6-5-16(11-1-2-11)9-10-7-15(19)20-14-8-12(18)3-4-13(10)14/h3-4,7-8,11,17-18H,1-2,5-6,9H2. The summed E-state index contributed by atoms with van der Waals surface area (Å²) in [5.74, 6) is 0.0761. The summed E-state index contributed by atoms with van der Waals surface area (Å²) in [6, 6.07) is 6.79. The second-order valence-corrected chi connectivity index (χ2v) is 5.20. The minimum atomic E-state index is -0.419. The van der Waals surface area contributed by atoms with Gasteiger partial charge in [0.1, 0.15) is 11.3 Å². The van der Waals surface area contributed by atoms with E-state index in [0.717, 1.165) is 23.8 Å². The van der Waals surface area contributed by atoms with E-state index in [-0.39, 0.29) is 12.4 Å². The molecule has 1 fully saturated rings. The summed E-state index contributed by atoms with van der Waals surface area (Å²) in [4.78, 5) is 13.8. The van der Waals surface area contributed by atoms with Crippen LogP contribution in [0.3, 0.4) is 0 Å². The molecule has 1 aromatic carbocycles. The molecule has 20 heavy (non-hydrogen) atoms. The number of aromatic hydroxyl groups is 1. The summed E-state index contributed by atoms with van der Waals surface area (Å²) in [5, 5.41) is 19.4. The summed E-state index contributed by atoms with van der Waals surface area (Å²) in [5.41, 5.74) is 0.849. The average molecular weight is 275 g/mol. The number of nitrogens with zero attached hydrogens (tertiary/aromatic N) is 1. The van der Waals surface area contributed by atoms with Crippen LogP contribution in [0.25, 0.3) is 11.0 Å². The summed E-state index contributed by atoms with van der Waals surface area (Å²) < 4.78 is 5.12. The molecule has 2 aromatic rings. The average Bonchev–Trinajstić information content (AvgIpc) is 3.21. The van der Waals surface area contributed by atoms with Crippen LogP contribution in [0.4, 0.5) is 0 Å². The highest BCUT2D eigenvalue weighted by Gasteiger charge is 2.28. The molecule has 0 aliphatic heterocycles. The van der Waals surface area contributed by atoms with Crippen LogP contribution in [0, 0.1) is 0 Å². The molecule has 5 heteroatoms. The van der Waals surface area contributed by atoms with Crippen molar-refractivity contribution < 1.29 is 14.6 Å². The van der Waals surface area contributed by atoms with Crippen molar-refractivity contribution >= 4 is 11.0 Å². The first-order valence-electron chi connectivity index (χ1n) is 6.78. The Bertz CT molecular complexity index is 675. The van der Waals surface area contributed by atoms with Crippen LogP contribution in [0.1, 0.15) is 18.4 Å². The molecule has 1 heterocycles. The number of rotatable bonds is 5. The zero-order chi connectivity index (χ0) is 14.1. The first kappa shape index (κ1) is 13.1. The highest BCUT2D eigenvalue weighted by Crippen LogP contribution is 2.29. The van der Waals surface area contributed by atoms with E-state index in [0.29, 0.717) is 24.7 Å². The Kier molecular flexibility index (Phi) is 3.46. The Morgan fingerprint density at radius 2 is 2.10 bits per heavy atom. The fourth-order valence-corrected chi connectivity index (χ4v) is 2.53. The number of fused-ring (bicyclic) bond motifs is 1. The van der Waals surface area contributed by atoms with Crippen molar-refractivity contribution in [3.05, 3.63) is 40.2 Å². The molecule has 0 radical (unpaired) electrons. The molecule has 0 saturated heterocycles. The molecule has 0 unspecified atom stereocenters. The maximum Gasteiger partial charge on any atom is 0.336 e. The molecule has 2 N–H and O–H groups in total. The number of hydrogen-bond donors (Lipinski definition) is 2. The SMILES string of the molecule is O=c1cc(CN(CCO)C2CC2)c2ccc(O)cc2o1. The van der Waals surface area contributed by atoms with Gasteiger partial charge in [0.15, 0.2) is 0 Å². The van der Waals surface area contributed by atoms with E-state index in [1.807, 2.05) is 0 Å². The van der Waals surface area contributed by atoms with Crippen LogP contribution in [0.5, 0.6) is 5.75 Å². The van der Waals surface area contributed by atoms with Crippen molar-refractivity contribution in [2.24, 2.45) is 0 Å². The highest BCUT2D eigenvalue weighted by atomic mass is 16.4. The Morgan fingerprint density at radius 3 is 2.80 bits per heavy atom. The van der Waals surface area contributed by atoms with Gasteiger partial charge in [-0.1, -0.05) is 0 Å². The lowest BCUT2D eigenvalue weighted by atomic mass is 10.1. The van der Waals surface area contributed by atoms with Crippen molar-refractivity contribution in [1.82, 2.24) is 4.90 Å². The van der Waals surface area contributed by atoms with Crippen molar-refractivity contribution in [1.29, 1.82) is 0 Å². The quantitative estimate of drug-likeness (QED) is 0.808. The van der Waals surface area contributed by atoms with Crippen LogP contribution >= 0.6 is 0 Å². The zero-order valence-corrected chi connectivity index (χ0v) is 11.1. The number of benzene rings is 1. The van der Waals surface area contributed by atoms with Crippen LogP contribution in [-0.4, -0.2) is 34.3 Å². The smallest absolute Gasteiger partial charge is 0.336 e. The third kappa shape index (κ3) is 2.69. The molecule has 0 amide bonds. The molecule has 106 valence electrons. The largest absolute Gasteiger partial charge is 0.508 e. The van der Waals surface area contributed by atoms with Gasteiger partial charge in [0.2, 0.25) is 0 Å².